The molecule has 0 fully saturated rings. The van der Waals surface area contributed by atoms with Gasteiger partial charge in [0.05, 0.1) is 5.41 Å². The fraction of sp³-hybridized carbons (Fsp3) is 0.375. The Kier molecular flexibility index (Phi) is 3.78. The first-order valence-corrected chi connectivity index (χ1v) is 9.59. The minimum atomic E-state index is -0.501. The number of carbonyl (C=O) groups is 1. The maximum atomic E-state index is 13.5. The minimum absolute atomic E-state index is 0.131. The van der Waals surface area contributed by atoms with Gasteiger partial charge in [-0.3, -0.25) is 4.79 Å². The number of anilines is 2. The topological polar surface area (TPSA) is 23.6 Å². The Morgan fingerprint density at radius 2 is 1.33 bits per heavy atom. The molecule has 140 valence electrons. The highest BCUT2D eigenvalue weighted by atomic mass is 16.1. The number of fused-ring (bicyclic) bond motifs is 2. The average molecular weight is 361 g/mol. The number of Topliss-reactive ketones (excluding diaryl/α,β-unsaturated/α-hetero) is 1. The second-order valence-corrected chi connectivity index (χ2v) is 8.82. The van der Waals surface area contributed by atoms with E-state index in [2.05, 4.69) is 73.2 Å². The lowest BCUT2D eigenvalue weighted by molar-refractivity contribution is -0.124. The quantitative estimate of drug-likeness (QED) is 0.739. The van der Waals surface area contributed by atoms with Crippen LogP contribution in [-0.4, -0.2) is 25.9 Å². The number of carbonyl (C=O) groups excluding carboxylic acids is 1. The largest absolute Gasteiger partial charge is 0.361 e. The molecule has 0 spiro atoms. The van der Waals surface area contributed by atoms with Crippen molar-refractivity contribution in [1.82, 2.24) is 0 Å². The van der Waals surface area contributed by atoms with E-state index < -0.39 is 5.41 Å². The number of nitrogens with zero attached hydrogens (tertiary/aromatic N) is 2. The van der Waals surface area contributed by atoms with Gasteiger partial charge >= 0.3 is 0 Å². The van der Waals surface area contributed by atoms with Crippen LogP contribution in [0.2, 0.25) is 0 Å². The Labute approximate surface area is 162 Å². The molecule has 2 aromatic rings. The van der Waals surface area contributed by atoms with Crippen LogP contribution >= 0.6 is 0 Å². The first kappa shape index (κ1) is 17.8. The van der Waals surface area contributed by atoms with Gasteiger partial charge in [-0.15, -0.1) is 0 Å². The lowest BCUT2D eigenvalue weighted by Gasteiger charge is -2.42. The van der Waals surface area contributed by atoms with Gasteiger partial charge in [-0.2, -0.15) is 0 Å². The summed E-state index contributed by atoms with van der Waals surface area (Å²) in [7, 11) is 4.13. The molecule has 2 aliphatic heterocycles. The van der Waals surface area contributed by atoms with E-state index in [4.69, 9.17) is 0 Å². The van der Waals surface area contributed by atoms with E-state index in [-0.39, 0.29) is 17.2 Å². The number of likely N-dealkylation sites (N-methyl/N-ethyl adjacent to an activating group) is 2. The molecule has 0 saturated heterocycles. The molecule has 3 nitrogen and oxygen atoms in total. The minimum Gasteiger partial charge on any atom is -0.361 e. The van der Waals surface area contributed by atoms with Crippen molar-refractivity contribution in [2.24, 2.45) is 0 Å². The fourth-order valence-corrected chi connectivity index (χ4v) is 4.78. The van der Waals surface area contributed by atoms with Crippen molar-refractivity contribution in [2.75, 3.05) is 23.9 Å². The summed E-state index contributed by atoms with van der Waals surface area (Å²) in [5, 5.41) is 0. The van der Waals surface area contributed by atoms with Crippen LogP contribution in [0.15, 0.2) is 60.3 Å². The van der Waals surface area contributed by atoms with Crippen LogP contribution in [0.25, 0.3) is 0 Å². The van der Waals surface area contributed by atoms with E-state index in [1.807, 2.05) is 33.0 Å². The van der Waals surface area contributed by atoms with Crippen molar-refractivity contribution in [1.29, 1.82) is 0 Å². The van der Waals surface area contributed by atoms with Gasteiger partial charge in [0.1, 0.15) is 6.04 Å². The molecule has 4 rings (SSSR count). The van der Waals surface area contributed by atoms with Crippen molar-refractivity contribution >= 4 is 17.2 Å². The third-order valence-corrected chi connectivity index (χ3v) is 6.52. The summed E-state index contributed by atoms with van der Waals surface area (Å²) in [4.78, 5) is 17.9. The fourth-order valence-electron chi connectivity index (χ4n) is 4.78. The monoisotopic (exact) mass is 360 g/mol. The van der Waals surface area contributed by atoms with Gasteiger partial charge in [0.15, 0.2) is 5.78 Å². The van der Waals surface area contributed by atoms with Crippen molar-refractivity contribution in [3.8, 4) is 0 Å². The van der Waals surface area contributed by atoms with Crippen molar-refractivity contribution in [3.63, 3.8) is 0 Å². The summed E-state index contributed by atoms with van der Waals surface area (Å²) in [6, 6.07) is 16.5. The second kappa shape index (κ2) is 5.72. The van der Waals surface area contributed by atoms with Crippen LogP contribution in [0.5, 0.6) is 0 Å². The molecular formula is C24H28N2O. The maximum Gasteiger partial charge on any atom is 0.169 e. The lowest BCUT2D eigenvalue weighted by atomic mass is 9.72. The molecular weight excluding hydrogens is 332 g/mol. The first-order chi connectivity index (χ1) is 12.7. The Balaban J connectivity index is 1.84. The number of allylic oxidation sites excluding steroid dienone is 1. The zero-order chi connectivity index (χ0) is 19.6. The number of ketones is 1. The third-order valence-electron chi connectivity index (χ3n) is 6.52. The summed E-state index contributed by atoms with van der Waals surface area (Å²) < 4.78 is 0. The van der Waals surface area contributed by atoms with Crippen LogP contribution in [-0.2, 0) is 15.6 Å². The van der Waals surface area contributed by atoms with Crippen molar-refractivity contribution in [2.45, 2.75) is 44.6 Å². The van der Waals surface area contributed by atoms with E-state index >= 15 is 0 Å². The van der Waals surface area contributed by atoms with Gasteiger partial charge in [-0.05, 0) is 43.2 Å². The Morgan fingerprint density at radius 1 is 0.815 bits per heavy atom. The van der Waals surface area contributed by atoms with Gasteiger partial charge in [0.25, 0.3) is 0 Å². The molecule has 0 bridgehead atoms. The van der Waals surface area contributed by atoms with Gasteiger partial charge in [0.2, 0.25) is 0 Å². The lowest BCUT2D eigenvalue weighted by Crippen LogP contribution is -2.51. The first-order valence-electron chi connectivity index (χ1n) is 9.59. The number of para-hydroxylation sites is 2. The summed E-state index contributed by atoms with van der Waals surface area (Å²) in [6.07, 6.45) is 2.18. The molecule has 0 radical (unpaired) electrons. The number of hydrogen-bond acceptors (Lipinski definition) is 3. The zero-order valence-corrected chi connectivity index (χ0v) is 17.1. The van der Waals surface area contributed by atoms with Crippen LogP contribution in [0.3, 0.4) is 0 Å². The van der Waals surface area contributed by atoms with Crippen molar-refractivity contribution in [3.05, 3.63) is 71.4 Å². The van der Waals surface area contributed by atoms with Gasteiger partial charge in [-0.25, -0.2) is 0 Å². The Morgan fingerprint density at radius 3 is 1.93 bits per heavy atom. The SMILES string of the molecule is CN1/C(=C\[C@@H]2C(=O)C(C)(C)c3ccccc3N2C)C(C)(C)c2ccccc21. The molecule has 0 aliphatic carbocycles. The molecule has 0 amide bonds. The highest BCUT2D eigenvalue weighted by Crippen LogP contribution is 2.48. The average Bonchev–Trinajstić information content (AvgIpc) is 2.84. The molecule has 0 N–H and O–H groups in total. The molecule has 27 heavy (non-hydrogen) atoms. The predicted molar refractivity (Wildman–Crippen MR) is 113 cm³/mol. The van der Waals surface area contributed by atoms with E-state index in [1.54, 1.807) is 0 Å². The summed E-state index contributed by atoms with van der Waals surface area (Å²) in [5.41, 5.74) is 5.33. The molecule has 0 aromatic heterocycles. The molecule has 2 aliphatic rings. The normalized spacial score (nSPS) is 24.1. The highest BCUT2D eigenvalue weighted by molar-refractivity contribution is 6.01. The smallest absolute Gasteiger partial charge is 0.169 e. The summed E-state index contributed by atoms with van der Waals surface area (Å²) in [5.74, 6) is 0.247. The van der Waals surface area contributed by atoms with Gasteiger partial charge in [0, 0.05) is 36.6 Å². The van der Waals surface area contributed by atoms with Gasteiger partial charge < -0.3 is 9.80 Å². The standard InChI is InChI=1S/C24H28N2O/c1-23(2)16-11-7-10-14-19(16)26(6)21(23)15-20-22(27)24(3,4)17-12-8-9-13-18(17)25(20)5/h7-15,20H,1-6H3/b21-15-/t20-/m1/s1. The van der Waals surface area contributed by atoms with Crippen LogP contribution in [0.4, 0.5) is 11.4 Å². The Bertz CT molecular complexity index is 954. The second-order valence-electron chi connectivity index (χ2n) is 8.82. The van der Waals surface area contributed by atoms with Gasteiger partial charge in [-0.1, -0.05) is 50.2 Å². The molecule has 0 saturated carbocycles. The van der Waals surface area contributed by atoms with Crippen LogP contribution < -0.4 is 9.80 Å². The van der Waals surface area contributed by atoms with E-state index in [9.17, 15) is 4.79 Å². The predicted octanol–water partition coefficient (Wildman–Crippen LogP) is 4.66. The zero-order valence-electron chi connectivity index (χ0n) is 17.1. The molecule has 2 aromatic carbocycles. The number of rotatable bonds is 1. The molecule has 2 heterocycles. The number of benzene rings is 2. The van der Waals surface area contributed by atoms with E-state index in [0.717, 1.165) is 11.3 Å². The van der Waals surface area contributed by atoms with Crippen LogP contribution in [0.1, 0.15) is 38.8 Å². The molecule has 3 heteroatoms. The summed E-state index contributed by atoms with van der Waals surface area (Å²) >= 11 is 0. The number of hydrogen-bond donors (Lipinski definition) is 0. The van der Waals surface area contributed by atoms with E-state index in [0.29, 0.717) is 0 Å². The third kappa shape index (κ3) is 2.37. The van der Waals surface area contributed by atoms with Crippen molar-refractivity contribution < 1.29 is 4.79 Å². The van der Waals surface area contributed by atoms with Crippen LogP contribution in [0, 0.1) is 0 Å². The Hall–Kier alpha value is -2.55. The summed E-state index contributed by atoms with van der Waals surface area (Å²) in [6.45, 7) is 8.58. The van der Waals surface area contributed by atoms with E-state index in [1.165, 1.54) is 16.9 Å². The highest BCUT2D eigenvalue weighted by Gasteiger charge is 2.45. The maximum absolute atomic E-state index is 13.5. The molecule has 0 unspecified atom stereocenters. The molecule has 1 atom stereocenters.